The van der Waals surface area contributed by atoms with E-state index in [0.717, 1.165) is 13.1 Å². The third-order valence-corrected chi connectivity index (χ3v) is 2.26. The molecule has 0 bridgehead atoms. The monoisotopic (exact) mass is 171 g/mol. The van der Waals surface area contributed by atoms with Gasteiger partial charge in [0.1, 0.15) is 0 Å². The van der Waals surface area contributed by atoms with E-state index in [9.17, 15) is 4.79 Å². The molecular weight excluding hydrogens is 154 g/mol. The van der Waals surface area contributed by atoms with Crippen LogP contribution < -0.4 is 0 Å². The summed E-state index contributed by atoms with van der Waals surface area (Å²) in [6, 6.07) is 0.552. The van der Waals surface area contributed by atoms with Crippen molar-refractivity contribution in [2.24, 2.45) is 5.92 Å². The summed E-state index contributed by atoms with van der Waals surface area (Å²) in [4.78, 5) is 13.4. The number of rotatable bonds is 3. The van der Waals surface area contributed by atoms with Gasteiger partial charge in [-0.1, -0.05) is 0 Å². The van der Waals surface area contributed by atoms with Crippen LogP contribution >= 0.6 is 0 Å². The van der Waals surface area contributed by atoms with Crippen molar-refractivity contribution in [1.29, 1.82) is 0 Å². The highest BCUT2D eigenvalue weighted by molar-refractivity contribution is 5.74. The van der Waals surface area contributed by atoms with Crippen molar-refractivity contribution in [3.63, 3.8) is 0 Å². The number of nitrogens with zero attached hydrogens (tertiary/aromatic N) is 1. The molecule has 0 N–H and O–H groups in total. The van der Waals surface area contributed by atoms with Crippen LogP contribution in [0, 0.1) is 5.92 Å². The van der Waals surface area contributed by atoms with Crippen molar-refractivity contribution >= 4 is 5.97 Å². The lowest BCUT2D eigenvalue weighted by Crippen LogP contribution is -2.53. The third kappa shape index (κ3) is 1.97. The number of carbonyl (C=O) groups is 1. The smallest absolute Gasteiger partial charge is 0.311 e. The molecular formula is C9H17NO2. The van der Waals surface area contributed by atoms with Gasteiger partial charge in [-0.25, -0.2) is 0 Å². The first kappa shape index (κ1) is 9.52. The van der Waals surface area contributed by atoms with E-state index in [4.69, 9.17) is 4.74 Å². The molecule has 0 atom stereocenters. The van der Waals surface area contributed by atoms with Gasteiger partial charge >= 0.3 is 5.97 Å². The fourth-order valence-electron chi connectivity index (χ4n) is 1.34. The fourth-order valence-corrected chi connectivity index (χ4v) is 1.34. The highest BCUT2D eigenvalue weighted by Gasteiger charge is 2.34. The number of hydrogen-bond donors (Lipinski definition) is 0. The van der Waals surface area contributed by atoms with Crippen LogP contribution in [0.4, 0.5) is 0 Å². The van der Waals surface area contributed by atoms with Crippen LogP contribution in [0.5, 0.6) is 0 Å². The molecule has 0 aliphatic carbocycles. The van der Waals surface area contributed by atoms with Gasteiger partial charge in [0.05, 0.1) is 12.5 Å². The van der Waals surface area contributed by atoms with Gasteiger partial charge in [0.2, 0.25) is 0 Å². The van der Waals surface area contributed by atoms with Gasteiger partial charge in [-0.3, -0.25) is 9.69 Å². The van der Waals surface area contributed by atoms with Crippen molar-refractivity contribution in [1.82, 2.24) is 4.90 Å². The summed E-state index contributed by atoms with van der Waals surface area (Å²) in [7, 11) is 0. The molecule has 1 aliphatic rings. The highest BCUT2D eigenvalue weighted by Crippen LogP contribution is 2.19. The molecule has 1 saturated heterocycles. The second-order valence-electron chi connectivity index (χ2n) is 3.50. The molecule has 1 aliphatic heterocycles. The van der Waals surface area contributed by atoms with Gasteiger partial charge in [0.25, 0.3) is 0 Å². The summed E-state index contributed by atoms with van der Waals surface area (Å²) in [5, 5.41) is 0. The Morgan fingerprint density at radius 1 is 1.58 bits per heavy atom. The van der Waals surface area contributed by atoms with Crippen LogP contribution in [-0.2, 0) is 9.53 Å². The fraction of sp³-hybridized carbons (Fsp3) is 0.889. The van der Waals surface area contributed by atoms with E-state index in [1.807, 2.05) is 6.92 Å². The summed E-state index contributed by atoms with van der Waals surface area (Å²) in [6.07, 6.45) is 0. The molecule has 1 fully saturated rings. The summed E-state index contributed by atoms with van der Waals surface area (Å²) in [6.45, 7) is 8.36. The summed E-state index contributed by atoms with van der Waals surface area (Å²) >= 11 is 0. The Morgan fingerprint density at radius 2 is 2.17 bits per heavy atom. The van der Waals surface area contributed by atoms with Crippen LogP contribution in [0.25, 0.3) is 0 Å². The van der Waals surface area contributed by atoms with Gasteiger partial charge in [0.15, 0.2) is 0 Å². The second kappa shape index (κ2) is 3.90. The maximum atomic E-state index is 11.1. The molecule has 0 spiro atoms. The van der Waals surface area contributed by atoms with Gasteiger partial charge in [-0.05, 0) is 20.8 Å². The van der Waals surface area contributed by atoms with Gasteiger partial charge in [-0.15, -0.1) is 0 Å². The van der Waals surface area contributed by atoms with Crippen LogP contribution in [0.2, 0.25) is 0 Å². The van der Waals surface area contributed by atoms with E-state index < -0.39 is 0 Å². The van der Waals surface area contributed by atoms with E-state index in [1.54, 1.807) is 0 Å². The highest BCUT2D eigenvalue weighted by atomic mass is 16.5. The van der Waals surface area contributed by atoms with Crippen molar-refractivity contribution in [3.8, 4) is 0 Å². The minimum absolute atomic E-state index is 0.0330. The maximum absolute atomic E-state index is 11.1. The first-order valence-corrected chi connectivity index (χ1v) is 4.55. The third-order valence-electron chi connectivity index (χ3n) is 2.26. The molecule has 0 saturated carbocycles. The van der Waals surface area contributed by atoms with Crippen molar-refractivity contribution < 1.29 is 9.53 Å². The first-order valence-electron chi connectivity index (χ1n) is 4.55. The number of carbonyl (C=O) groups excluding carboxylic acids is 1. The molecule has 70 valence electrons. The Labute approximate surface area is 73.7 Å². The number of likely N-dealkylation sites (tertiary alicyclic amines) is 1. The minimum atomic E-state index is -0.0330. The lowest BCUT2D eigenvalue weighted by molar-refractivity contribution is -0.154. The predicted octanol–water partition coefficient (Wildman–Crippen LogP) is 0.890. The Bertz CT molecular complexity index is 162. The molecule has 0 amide bonds. The Balaban J connectivity index is 2.20. The zero-order valence-electron chi connectivity index (χ0n) is 8.04. The van der Waals surface area contributed by atoms with Crippen LogP contribution in [-0.4, -0.2) is 36.6 Å². The lowest BCUT2D eigenvalue weighted by atomic mass is 9.99. The number of ether oxygens (including phenoxy) is 1. The number of esters is 1. The van der Waals surface area contributed by atoms with Crippen LogP contribution in [0.15, 0.2) is 0 Å². The second-order valence-corrected chi connectivity index (χ2v) is 3.50. The van der Waals surface area contributed by atoms with E-state index in [2.05, 4.69) is 18.7 Å². The molecule has 0 unspecified atom stereocenters. The SMILES string of the molecule is CCOC(=O)C1CN(C(C)C)C1. The Hall–Kier alpha value is -0.570. The molecule has 0 aromatic carbocycles. The summed E-state index contributed by atoms with van der Waals surface area (Å²) in [5.41, 5.74) is 0. The van der Waals surface area contributed by atoms with E-state index >= 15 is 0 Å². The molecule has 0 radical (unpaired) electrons. The van der Waals surface area contributed by atoms with E-state index in [0.29, 0.717) is 12.6 Å². The largest absolute Gasteiger partial charge is 0.466 e. The topological polar surface area (TPSA) is 29.5 Å². The molecule has 3 heteroatoms. The van der Waals surface area contributed by atoms with E-state index in [-0.39, 0.29) is 11.9 Å². The molecule has 3 nitrogen and oxygen atoms in total. The standard InChI is InChI=1S/C9H17NO2/c1-4-12-9(11)8-5-10(6-8)7(2)3/h7-8H,4-6H2,1-3H3. The van der Waals surface area contributed by atoms with E-state index in [1.165, 1.54) is 0 Å². The van der Waals surface area contributed by atoms with Gasteiger partial charge in [-0.2, -0.15) is 0 Å². The summed E-state index contributed by atoms with van der Waals surface area (Å²) in [5.74, 6) is 0.0988. The zero-order chi connectivity index (χ0) is 9.14. The van der Waals surface area contributed by atoms with Crippen molar-refractivity contribution in [3.05, 3.63) is 0 Å². The quantitative estimate of drug-likeness (QED) is 0.591. The minimum Gasteiger partial charge on any atom is -0.466 e. The first-order chi connectivity index (χ1) is 5.65. The lowest BCUT2D eigenvalue weighted by Gasteiger charge is -2.40. The Morgan fingerprint density at radius 3 is 2.58 bits per heavy atom. The summed E-state index contributed by atoms with van der Waals surface area (Å²) < 4.78 is 4.91. The average Bonchev–Trinajstić information content (AvgIpc) is 1.82. The predicted molar refractivity (Wildman–Crippen MR) is 46.8 cm³/mol. The van der Waals surface area contributed by atoms with Crippen molar-refractivity contribution in [2.45, 2.75) is 26.8 Å². The van der Waals surface area contributed by atoms with Gasteiger partial charge < -0.3 is 4.74 Å². The van der Waals surface area contributed by atoms with Crippen LogP contribution in [0.1, 0.15) is 20.8 Å². The molecule has 1 heterocycles. The van der Waals surface area contributed by atoms with Crippen molar-refractivity contribution in [2.75, 3.05) is 19.7 Å². The van der Waals surface area contributed by atoms with Crippen LogP contribution in [0.3, 0.4) is 0 Å². The average molecular weight is 171 g/mol. The molecule has 0 aromatic heterocycles. The maximum Gasteiger partial charge on any atom is 0.311 e. The Kier molecular flexibility index (Phi) is 3.09. The molecule has 0 aromatic rings. The molecule has 1 rings (SSSR count). The molecule has 12 heavy (non-hydrogen) atoms. The normalized spacial score (nSPS) is 19.3. The number of hydrogen-bond acceptors (Lipinski definition) is 3. The van der Waals surface area contributed by atoms with Gasteiger partial charge in [0, 0.05) is 19.1 Å². The zero-order valence-corrected chi connectivity index (χ0v) is 8.04.